The van der Waals surface area contributed by atoms with Crippen LogP contribution >= 0.6 is 0 Å². The molecule has 0 bridgehead atoms. The zero-order valence-corrected chi connectivity index (χ0v) is 14.8. The van der Waals surface area contributed by atoms with Crippen LogP contribution in [0.3, 0.4) is 0 Å². The Morgan fingerprint density at radius 3 is 2.24 bits per heavy atom. The maximum Gasteiger partial charge on any atom is 0.395 e. The van der Waals surface area contributed by atoms with Crippen molar-refractivity contribution >= 4 is 17.9 Å². The summed E-state index contributed by atoms with van der Waals surface area (Å²) in [5.74, 6) is -2.70. The van der Waals surface area contributed by atoms with E-state index in [-0.39, 0.29) is 18.8 Å². The van der Waals surface area contributed by atoms with Gasteiger partial charge >= 0.3 is 17.9 Å². The third kappa shape index (κ3) is 7.34. The lowest BCUT2D eigenvalue weighted by Crippen LogP contribution is -2.41. The smallest absolute Gasteiger partial charge is 0.395 e. The second-order valence-electron chi connectivity index (χ2n) is 6.01. The van der Waals surface area contributed by atoms with Crippen LogP contribution in [0, 0.1) is 5.92 Å². The molecule has 0 aromatic heterocycles. The molecule has 0 aliphatic heterocycles. The first-order chi connectivity index (χ1) is 11.8. The lowest BCUT2D eigenvalue weighted by atomic mass is 10.1. The fourth-order valence-electron chi connectivity index (χ4n) is 2.00. The molecule has 2 N–H and O–H groups in total. The minimum atomic E-state index is -1.20. The fraction of sp³-hybridized carbons (Fsp3) is 0.500. The molecule has 0 heterocycles. The lowest BCUT2D eigenvalue weighted by Gasteiger charge is -2.20. The van der Waals surface area contributed by atoms with Crippen molar-refractivity contribution in [3.8, 4) is 0 Å². The molecule has 0 amide bonds. The second kappa shape index (κ2) is 10.5. The summed E-state index contributed by atoms with van der Waals surface area (Å²) in [6, 6.07) is 8.30. The number of hydrogen-bond donors (Lipinski definition) is 1. The Labute approximate surface area is 147 Å². The largest absolute Gasteiger partial charge is 0.449 e. The highest BCUT2D eigenvalue weighted by Crippen LogP contribution is 2.12. The summed E-state index contributed by atoms with van der Waals surface area (Å²) in [5.41, 5.74) is 6.73. The number of carbonyl (C=O) groups is 3. The maximum absolute atomic E-state index is 12.1. The molecule has 2 atom stereocenters. The Balaban J connectivity index is 2.59. The quantitative estimate of drug-likeness (QED) is 0.433. The minimum Gasteiger partial charge on any atom is -0.449 e. The Bertz CT molecular complexity index is 572. The van der Waals surface area contributed by atoms with Crippen molar-refractivity contribution in [1.29, 1.82) is 0 Å². The van der Waals surface area contributed by atoms with Crippen LogP contribution in [-0.2, 0) is 35.3 Å². The number of rotatable bonds is 8. The molecule has 25 heavy (non-hydrogen) atoms. The van der Waals surface area contributed by atoms with E-state index >= 15 is 0 Å². The summed E-state index contributed by atoms with van der Waals surface area (Å²) in [7, 11) is 0. The molecule has 0 aliphatic rings. The van der Waals surface area contributed by atoms with E-state index in [1.807, 2.05) is 30.3 Å². The van der Waals surface area contributed by atoms with Crippen LogP contribution in [0.1, 0.15) is 39.2 Å². The van der Waals surface area contributed by atoms with E-state index in [0.29, 0.717) is 6.42 Å². The Hall–Kier alpha value is -2.41. The molecule has 138 valence electrons. The van der Waals surface area contributed by atoms with Crippen molar-refractivity contribution < 1.29 is 28.9 Å². The van der Waals surface area contributed by atoms with Gasteiger partial charge in [-0.25, -0.2) is 19.4 Å². The zero-order valence-electron chi connectivity index (χ0n) is 14.8. The average Bonchev–Trinajstić information content (AvgIpc) is 2.58. The second-order valence-corrected chi connectivity index (χ2v) is 6.01. The fourth-order valence-corrected chi connectivity index (χ4v) is 2.00. The van der Waals surface area contributed by atoms with E-state index < -0.39 is 30.1 Å². The van der Waals surface area contributed by atoms with E-state index in [0.717, 1.165) is 5.56 Å². The highest BCUT2D eigenvalue weighted by Gasteiger charge is 2.31. The summed E-state index contributed by atoms with van der Waals surface area (Å²) in [5, 5.41) is 0. The van der Waals surface area contributed by atoms with Gasteiger partial charge in [-0.15, -0.1) is 0 Å². The monoisotopic (exact) mass is 351 g/mol. The molecule has 7 nitrogen and oxygen atoms in total. The van der Waals surface area contributed by atoms with Gasteiger partial charge < -0.3 is 10.5 Å². The molecule has 1 aromatic rings. The van der Waals surface area contributed by atoms with Crippen molar-refractivity contribution in [3.63, 3.8) is 0 Å². The molecule has 7 heteroatoms. The first-order valence-electron chi connectivity index (χ1n) is 8.26. The first kappa shape index (κ1) is 20.6. The molecule has 0 saturated carbocycles. The molecule has 0 fully saturated rings. The first-order valence-corrected chi connectivity index (χ1v) is 8.26. The number of benzene rings is 1. The van der Waals surface area contributed by atoms with Gasteiger partial charge in [-0.3, -0.25) is 4.79 Å². The number of carbonyl (C=O) groups excluding carboxylic acids is 3. The zero-order chi connectivity index (χ0) is 18.8. The Morgan fingerprint density at radius 1 is 1.04 bits per heavy atom. The number of nitrogens with two attached hydrogens (primary N) is 1. The molecule has 0 spiro atoms. The number of hydrogen-bond acceptors (Lipinski definition) is 7. The van der Waals surface area contributed by atoms with Crippen molar-refractivity contribution in [3.05, 3.63) is 35.9 Å². The van der Waals surface area contributed by atoms with Crippen LogP contribution < -0.4 is 5.73 Å². The third-order valence-electron chi connectivity index (χ3n) is 3.35. The van der Waals surface area contributed by atoms with Crippen molar-refractivity contribution in [1.82, 2.24) is 0 Å². The summed E-state index contributed by atoms with van der Waals surface area (Å²) < 4.78 is 5.17. The van der Waals surface area contributed by atoms with E-state index in [4.69, 9.17) is 10.5 Å². The molecular weight excluding hydrogens is 326 g/mol. The van der Waals surface area contributed by atoms with Crippen LogP contribution in [0.5, 0.6) is 0 Å². The molecule has 0 aliphatic carbocycles. The maximum atomic E-state index is 12.1. The van der Waals surface area contributed by atoms with E-state index in [1.165, 1.54) is 0 Å². The summed E-state index contributed by atoms with van der Waals surface area (Å²) in [6.07, 6.45) is -0.233. The molecule has 0 saturated heterocycles. The number of ether oxygens (including phenoxy) is 1. The van der Waals surface area contributed by atoms with E-state index in [2.05, 4.69) is 9.78 Å². The summed E-state index contributed by atoms with van der Waals surface area (Å²) in [4.78, 5) is 44.3. The topological polar surface area (TPSA) is 105 Å². The predicted octanol–water partition coefficient (Wildman–Crippen LogP) is 1.93. The Morgan fingerprint density at radius 2 is 1.68 bits per heavy atom. The summed E-state index contributed by atoms with van der Waals surface area (Å²) >= 11 is 0. The SMILES string of the molecule is CCCC(=O)OOC(=O)C(OC(=O)C(N)Cc1ccccc1)C(C)C. The highest BCUT2D eigenvalue weighted by molar-refractivity contribution is 5.82. The lowest BCUT2D eigenvalue weighted by molar-refractivity contribution is -0.266. The van der Waals surface area contributed by atoms with Crippen molar-refractivity contribution in [2.75, 3.05) is 0 Å². The van der Waals surface area contributed by atoms with E-state index in [1.54, 1.807) is 20.8 Å². The molecule has 2 unspecified atom stereocenters. The van der Waals surface area contributed by atoms with Gasteiger partial charge in [0.25, 0.3) is 0 Å². The average molecular weight is 351 g/mol. The van der Waals surface area contributed by atoms with Crippen molar-refractivity contribution in [2.24, 2.45) is 11.7 Å². The molecule has 1 rings (SSSR count). The molecule has 1 aromatic carbocycles. The predicted molar refractivity (Wildman–Crippen MR) is 89.9 cm³/mol. The number of esters is 1. The van der Waals surface area contributed by atoms with E-state index in [9.17, 15) is 14.4 Å². The van der Waals surface area contributed by atoms with Gasteiger partial charge in [0, 0.05) is 12.3 Å². The van der Waals surface area contributed by atoms with Gasteiger partial charge in [0.1, 0.15) is 6.04 Å². The van der Waals surface area contributed by atoms with Gasteiger partial charge in [0.2, 0.25) is 6.10 Å². The van der Waals surface area contributed by atoms with Gasteiger partial charge in [-0.1, -0.05) is 51.1 Å². The molecular formula is C18H25NO6. The highest BCUT2D eigenvalue weighted by atomic mass is 17.2. The van der Waals surface area contributed by atoms with Crippen LogP contribution in [0.25, 0.3) is 0 Å². The van der Waals surface area contributed by atoms with Gasteiger partial charge in [0.05, 0.1) is 0 Å². The van der Waals surface area contributed by atoms with Crippen LogP contribution in [0.2, 0.25) is 0 Å². The van der Waals surface area contributed by atoms with Crippen LogP contribution in [0.15, 0.2) is 30.3 Å². The van der Waals surface area contributed by atoms with Gasteiger partial charge in [-0.2, -0.15) is 0 Å². The summed E-state index contributed by atoms with van der Waals surface area (Å²) in [6.45, 7) is 5.14. The van der Waals surface area contributed by atoms with Crippen LogP contribution in [-0.4, -0.2) is 30.1 Å². The standard InChI is InChI=1S/C18H25NO6/c1-4-8-15(20)24-25-18(22)16(12(2)3)23-17(21)14(19)11-13-9-6-5-7-10-13/h5-7,9-10,12,14,16H,4,8,11,19H2,1-3H3. The third-order valence-corrected chi connectivity index (χ3v) is 3.35. The molecule has 0 radical (unpaired) electrons. The Kier molecular flexibility index (Phi) is 8.63. The van der Waals surface area contributed by atoms with Gasteiger partial charge in [-0.05, 0) is 18.4 Å². The minimum absolute atomic E-state index is 0.126. The normalized spacial score (nSPS) is 13.0. The van der Waals surface area contributed by atoms with Crippen LogP contribution in [0.4, 0.5) is 0 Å². The van der Waals surface area contributed by atoms with Crippen molar-refractivity contribution in [2.45, 2.75) is 52.2 Å². The van der Waals surface area contributed by atoms with Gasteiger partial charge in [0.15, 0.2) is 0 Å².